The predicted octanol–water partition coefficient (Wildman–Crippen LogP) is 2.62. The lowest BCUT2D eigenvalue weighted by atomic mass is 10.2. The Morgan fingerprint density at radius 3 is 3.11 bits per heavy atom. The summed E-state index contributed by atoms with van der Waals surface area (Å²) >= 11 is 1.44. The highest BCUT2D eigenvalue weighted by Crippen LogP contribution is 2.30. The Morgan fingerprint density at radius 2 is 2.42 bits per heavy atom. The van der Waals surface area contributed by atoms with Crippen molar-refractivity contribution in [2.75, 3.05) is 17.6 Å². The zero-order chi connectivity index (χ0) is 13.7. The summed E-state index contributed by atoms with van der Waals surface area (Å²) in [6, 6.07) is 1.84. The molecule has 0 aliphatic heterocycles. The van der Waals surface area contributed by atoms with E-state index in [2.05, 4.69) is 10.3 Å². The Bertz CT molecular complexity index is 533. The van der Waals surface area contributed by atoms with E-state index in [1.165, 1.54) is 11.3 Å². The second kappa shape index (κ2) is 6.38. The van der Waals surface area contributed by atoms with E-state index < -0.39 is 0 Å². The molecule has 0 saturated carbocycles. The van der Waals surface area contributed by atoms with Gasteiger partial charge in [-0.2, -0.15) is 0 Å². The van der Waals surface area contributed by atoms with Gasteiger partial charge in [0.15, 0.2) is 5.78 Å². The number of hydrogen-bond acceptors (Lipinski definition) is 5. The molecule has 0 aliphatic carbocycles. The number of nitrogens with two attached hydrogens (primary N) is 1. The van der Waals surface area contributed by atoms with E-state index in [-0.39, 0.29) is 5.78 Å². The van der Waals surface area contributed by atoms with Gasteiger partial charge in [0.1, 0.15) is 0 Å². The molecule has 19 heavy (non-hydrogen) atoms. The van der Waals surface area contributed by atoms with Gasteiger partial charge < -0.3 is 15.6 Å². The first-order chi connectivity index (χ1) is 9.20. The van der Waals surface area contributed by atoms with Crippen molar-refractivity contribution < 1.29 is 4.79 Å². The first kappa shape index (κ1) is 13.6. The Hall–Kier alpha value is -1.82. The molecule has 0 unspecified atom stereocenters. The minimum absolute atomic E-state index is 0.106. The topological polar surface area (TPSA) is 72.9 Å². The average molecular weight is 278 g/mol. The van der Waals surface area contributed by atoms with E-state index in [9.17, 15) is 4.79 Å². The Kier molecular flexibility index (Phi) is 4.57. The maximum Gasteiger partial charge on any atom is 0.174 e. The highest BCUT2D eigenvalue weighted by atomic mass is 32.1. The number of carbonyl (C=O) groups excluding carboxylic acids is 1. The minimum atomic E-state index is 0.106. The number of rotatable bonds is 7. The summed E-state index contributed by atoms with van der Waals surface area (Å²) in [6.45, 7) is 3.62. The lowest BCUT2D eigenvalue weighted by Crippen LogP contribution is -2.04. The molecule has 0 saturated heterocycles. The molecule has 0 bridgehead atoms. The second-order valence-electron chi connectivity index (χ2n) is 4.25. The fourth-order valence-electron chi connectivity index (χ4n) is 1.76. The van der Waals surface area contributed by atoms with Crippen LogP contribution in [0.4, 0.5) is 10.7 Å². The van der Waals surface area contributed by atoms with Gasteiger partial charge in [-0.25, -0.2) is 4.98 Å². The third kappa shape index (κ3) is 3.57. The summed E-state index contributed by atoms with van der Waals surface area (Å²) in [4.78, 5) is 16.3. The smallest absolute Gasteiger partial charge is 0.174 e. The first-order valence-corrected chi connectivity index (χ1v) is 7.14. The Morgan fingerprint density at radius 1 is 1.58 bits per heavy atom. The van der Waals surface area contributed by atoms with Crippen LogP contribution in [0.2, 0.25) is 0 Å². The van der Waals surface area contributed by atoms with E-state index in [4.69, 9.17) is 5.73 Å². The van der Waals surface area contributed by atoms with Crippen molar-refractivity contribution in [2.45, 2.75) is 26.3 Å². The normalized spacial score (nSPS) is 10.6. The van der Waals surface area contributed by atoms with Gasteiger partial charge >= 0.3 is 0 Å². The lowest BCUT2D eigenvalue weighted by Gasteiger charge is -2.03. The maximum absolute atomic E-state index is 11.6. The number of ketones is 1. The van der Waals surface area contributed by atoms with Gasteiger partial charge in [-0.3, -0.25) is 4.79 Å². The van der Waals surface area contributed by atoms with Crippen molar-refractivity contribution in [1.29, 1.82) is 0 Å². The van der Waals surface area contributed by atoms with Crippen molar-refractivity contribution in [2.24, 2.45) is 0 Å². The third-order valence-corrected chi connectivity index (χ3v) is 3.94. The zero-order valence-electron chi connectivity index (χ0n) is 10.9. The van der Waals surface area contributed by atoms with E-state index >= 15 is 0 Å². The van der Waals surface area contributed by atoms with Gasteiger partial charge in [-0.15, -0.1) is 11.3 Å². The molecule has 0 aliphatic rings. The molecule has 3 N–H and O–H groups in total. The molecule has 5 nitrogen and oxygen atoms in total. The summed E-state index contributed by atoms with van der Waals surface area (Å²) in [7, 11) is 0. The molecule has 0 spiro atoms. The van der Waals surface area contributed by atoms with Crippen LogP contribution in [0, 0.1) is 0 Å². The minimum Gasteiger partial charge on any atom is -0.397 e. The summed E-state index contributed by atoms with van der Waals surface area (Å²) in [5.74, 6) is 0.106. The van der Waals surface area contributed by atoms with Crippen LogP contribution in [0.5, 0.6) is 0 Å². The number of imidazole rings is 1. The van der Waals surface area contributed by atoms with Crippen molar-refractivity contribution in [3.8, 4) is 0 Å². The van der Waals surface area contributed by atoms with Crippen LogP contribution in [-0.4, -0.2) is 21.9 Å². The second-order valence-corrected chi connectivity index (χ2v) is 5.30. The van der Waals surface area contributed by atoms with Crippen LogP contribution in [0.25, 0.3) is 0 Å². The van der Waals surface area contributed by atoms with E-state index in [0.717, 1.165) is 24.5 Å². The number of carbonyl (C=O) groups is 1. The van der Waals surface area contributed by atoms with Gasteiger partial charge in [0, 0.05) is 31.9 Å². The van der Waals surface area contributed by atoms with Crippen LogP contribution in [0.1, 0.15) is 29.4 Å². The molecule has 0 aromatic carbocycles. The first-order valence-electron chi connectivity index (χ1n) is 6.32. The number of nitrogen functional groups attached to an aromatic ring is 1. The monoisotopic (exact) mass is 278 g/mol. The van der Waals surface area contributed by atoms with Gasteiger partial charge in [0.05, 0.1) is 21.9 Å². The van der Waals surface area contributed by atoms with E-state index in [1.807, 2.05) is 23.8 Å². The number of hydrogen-bond donors (Lipinski definition) is 2. The number of aromatic nitrogens is 2. The quantitative estimate of drug-likeness (QED) is 0.603. The SMILES string of the molecule is CCC(=O)c1sc(NCCCn2ccnc2)cc1N. The molecule has 2 aromatic heterocycles. The number of nitrogens with zero attached hydrogens (tertiary/aromatic N) is 2. The summed E-state index contributed by atoms with van der Waals surface area (Å²) < 4.78 is 2.04. The molecule has 102 valence electrons. The molecule has 2 aromatic rings. The Balaban J connectivity index is 1.81. The Labute approximate surface area is 116 Å². The number of aryl methyl sites for hydroxylation is 1. The van der Waals surface area contributed by atoms with Crippen molar-refractivity contribution in [1.82, 2.24) is 9.55 Å². The van der Waals surface area contributed by atoms with E-state index in [1.54, 1.807) is 12.5 Å². The number of Topliss-reactive ketones (excluding diaryl/α,β-unsaturated/α-hetero) is 1. The lowest BCUT2D eigenvalue weighted by molar-refractivity contribution is 0.0993. The number of nitrogens with one attached hydrogen (secondary N) is 1. The van der Waals surface area contributed by atoms with Crippen LogP contribution in [0.15, 0.2) is 24.8 Å². The number of anilines is 2. The fourth-order valence-corrected chi connectivity index (χ4v) is 2.78. The highest BCUT2D eigenvalue weighted by molar-refractivity contribution is 7.18. The van der Waals surface area contributed by atoms with Gasteiger partial charge in [0.2, 0.25) is 0 Å². The van der Waals surface area contributed by atoms with Crippen molar-refractivity contribution in [3.63, 3.8) is 0 Å². The standard InChI is InChI=1S/C13H18N4OS/c1-2-11(18)13-10(14)8-12(19-13)16-4-3-6-17-7-5-15-9-17/h5,7-9,16H,2-4,6,14H2,1H3. The van der Waals surface area contributed by atoms with Crippen LogP contribution >= 0.6 is 11.3 Å². The molecule has 0 radical (unpaired) electrons. The largest absolute Gasteiger partial charge is 0.397 e. The van der Waals surface area contributed by atoms with Gasteiger partial charge in [-0.1, -0.05) is 6.92 Å². The molecule has 2 heterocycles. The molecule has 0 atom stereocenters. The molecule has 0 fully saturated rings. The molecular formula is C13H18N4OS. The molecule has 6 heteroatoms. The number of thiophene rings is 1. The predicted molar refractivity (Wildman–Crippen MR) is 78.7 cm³/mol. The van der Waals surface area contributed by atoms with Gasteiger partial charge in [0.25, 0.3) is 0 Å². The van der Waals surface area contributed by atoms with Crippen molar-refractivity contribution >= 4 is 27.8 Å². The van der Waals surface area contributed by atoms with E-state index in [0.29, 0.717) is 17.0 Å². The average Bonchev–Trinajstić information content (AvgIpc) is 3.03. The fraction of sp³-hybridized carbons (Fsp3) is 0.385. The van der Waals surface area contributed by atoms with Crippen LogP contribution in [0.3, 0.4) is 0 Å². The molecular weight excluding hydrogens is 260 g/mol. The molecule has 0 amide bonds. The van der Waals surface area contributed by atoms with Crippen LogP contribution < -0.4 is 11.1 Å². The summed E-state index contributed by atoms with van der Waals surface area (Å²) in [5.41, 5.74) is 6.41. The highest BCUT2D eigenvalue weighted by Gasteiger charge is 2.12. The third-order valence-electron chi connectivity index (χ3n) is 2.79. The molecule has 2 rings (SSSR count). The van der Waals surface area contributed by atoms with Crippen LogP contribution in [-0.2, 0) is 6.54 Å². The maximum atomic E-state index is 11.6. The van der Waals surface area contributed by atoms with Gasteiger partial charge in [-0.05, 0) is 12.5 Å². The van der Waals surface area contributed by atoms with Crippen molar-refractivity contribution in [3.05, 3.63) is 29.7 Å². The summed E-state index contributed by atoms with van der Waals surface area (Å²) in [5, 5.41) is 4.26. The summed E-state index contributed by atoms with van der Waals surface area (Å²) in [6.07, 6.45) is 7.01. The zero-order valence-corrected chi connectivity index (χ0v) is 11.7.